The summed E-state index contributed by atoms with van der Waals surface area (Å²) in [5, 5.41) is 2.45. The van der Waals surface area contributed by atoms with Crippen LogP contribution in [0.4, 0.5) is 16.2 Å². The van der Waals surface area contributed by atoms with Crippen LogP contribution >= 0.6 is 0 Å². The molecular formula is C22H30N4O5. The van der Waals surface area contributed by atoms with Crippen LogP contribution in [-0.4, -0.2) is 73.8 Å². The van der Waals surface area contributed by atoms with Crippen molar-refractivity contribution in [2.24, 2.45) is 0 Å². The van der Waals surface area contributed by atoms with Crippen LogP contribution in [0.5, 0.6) is 5.75 Å². The summed E-state index contributed by atoms with van der Waals surface area (Å²) >= 11 is 0. The molecule has 0 aromatic heterocycles. The summed E-state index contributed by atoms with van der Waals surface area (Å²) in [4.78, 5) is 42.3. The minimum absolute atomic E-state index is 0.216. The van der Waals surface area contributed by atoms with Crippen molar-refractivity contribution in [1.82, 2.24) is 10.2 Å². The Bertz CT molecular complexity index is 873. The van der Waals surface area contributed by atoms with Crippen molar-refractivity contribution in [2.45, 2.75) is 45.3 Å². The Kier molecular flexibility index (Phi) is 5.68. The number of nitrogens with one attached hydrogen (secondary N) is 1. The number of anilines is 2. The number of hydrogen-bond acceptors (Lipinski definition) is 7. The van der Waals surface area contributed by atoms with Gasteiger partial charge in [-0.05, 0) is 39.3 Å². The summed E-state index contributed by atoms with van der Waals surface area (Å²) < 4.78 is 11.5. The van der Waals surface area contributed by atoms with Crippen LogP contribution in [-0.2, 0) is 14.3 Å². The summed E-state index contributed by atoms with van der Waals surface area (Å²) in [6.07, 6.45) is 0.556. The van der Waals surface area contributed by atoms with E-state index in [4.69, 9.17) is 9.47 Å². The molecular weight excluding hydrogens is 400 g/mol. The van der Waals surface area contributed by atoms with Gasteiger partial charge in [-0.25, -0.2) is 4.79 Å². The van der Waals surface area contributed by atoms with E-state index in [1.165, 1.54) is 0 Å². The first kappa shape index (κ1) is 21.3. The van der Waals surface area contributed by atoms with Crippen LogP contribution in [0.25, 0.3) is 0 Å². The Hall–Kier alpha value is -2.97. The van der Waals surface area contributed by atoms with Crippen LogP contribution in [0.1, 0.15) is 33.6 Å². The lowest BCUT2D eigenvalue weighted by molar-refractivity contribution is -0.134. The predicted molar refractivity (Wildman–Crippen MR) is 115 cm³/mol. The zero-order chi connectivity index (χ0) is 22.2. The van der Waals surface area contributed by atoms with Gasteiger partial charge in [-0.2, -0.15) is 0 Å². The van der Waals surface area contributed by atoms with Crippen molar-refractivity contribution in [3.05, 3.63) is 18.2 Å². The summed E-state index contributed by atoms with van der Waals surface area (Å²) in [7, 11) is 0. The SMILES string of the molecule is CC(C)(C)OC(=O)N1CCN(c2cccc3c2OCCN3C2CCC(=O)NC2=O)CC1. The number of hydrogen-bond donors (Lipinski definition) is 1. The molecule has 0 aliphatic carbocycles. The molecule has 0 saturated carbocycles. The normalized spacial score (nSPS) is 21.9. The maximum atomic E-state index is 12.4. The van der Waals surface area contributed by atoms with Gasteiger partial charge in [-0.3, -0.25) is 14.9 Å². The molecule has 1 aromatic rings. The van der Waals surface area contributed by atoms with Gasteiger partial charge in [0.15, 0.2) is 5.75 Å². The molecule has 0 spiro atoms. The number of fused-ring (bicyclic) bond motifs is 1. The first-order valence-electron chi connectivity index (χ1n) is 10.8. The van der Waals surface area contributed by atoms with Gasteiger partial charge in [0.25, 0.3) is 0 Å². The Morgan fingerprint density at radius 2 is 1.81 bits per heavy atom. The molecule has 3 heterocycles. The number of nitrogens with zero attached hydrogens (tertiary/aromatic N) is 3. The van der Waals surface area contributed by atoms with Gasteiger partial charge in [-0.1, -0.05) is 6.07 Å². The molecule has 1 atom stereocenters. The van der Waals surface area contributed by atoms with E-state index in [-0.39, 0.29) is 23.9 Å². The monoisotopic (exact) mass is 430 g/mol. The number of carbonyl (C=O) groups excluding carboxylic acids is 3. The number of carbonyl (C=O) groups is 3. The molecule has 2 fully saturated rings. The third-order valence-corrected chi connectivity index (χ3v) is 5.72. The van der Waals surface area contributed by atoms with E-state index in [0.29, 0.717) is 52.2 Å². The number of piperazine rings is 1. The molecule has 1 N–H and O–H groups in total. The maximum absolute atomic E-state index is 12.4. The molecule has 1 aromatic carbocycles. The zero-order valence-corrected chi connectivity index (χ0v) is 18.3. The van der Waals surface area contributed by atoms with Crippen molar-refractivity contribution in [3.63, 3.8) is 0 Å². The molecule has 3 aliphatic heterocycles. The van der Waals surface area contributed by atoms with Gasteiger partial charge < -0.3 is 24.2 Å². The minimum atomic E-state index is -0.514. The topological polar surface area (TPSA) is 91.4 Å². The number of para-hydroxylation sites is 1. The van der Waals surface area contributed by atoms with E-state index in [0.717, 1.165) is 17.1 Å². The highest BCUT2D eigenvalue weighted by Crippen LogP contribution is 2.42. The lowest BCUT2D eigenvalue weighted by Crippen LogP contribution is -2.54. The fraction of sp³-hybridized carbons (Fsp3) is 0.591. The number of imide groups is 1. The highest BCUT2D eigenvalue weighted by molar-refractivity contribution is 6.02. The second-order valence-electron chi connectivity index (χ2n) is 9.09. The van der Waals surface area contributed by atoms with Crippen molar-refractivity contribution >= 4 is 29.3 Å². The summed E-state index contributed by atoms with van der Waals surface area (Å²) in [6.45, 7) is 9.11. The van der Waals surface area contributed by atoms with E-state index < -0.39 is 5.60 Å². The van der Waals surface area contributed by atoms with Crippen molar-refractivity contribution in [3.8, 4) is 5.75 Å². The molecule has 1 unspecified atom stereocenters. The van der Waals surface area contributed by atoms with Crippen LogP contribution < -0.4 is 19.9 Å². The standard InChI is InChI=1S/C22H30N4O5/c1-22(2,3)31-21(29)25-11-9-24(10-12-25)15-5-4-6-16-19(15)30-14-13-26(16)17-7-8-18(27)23-20(17)28/h4-6,17H,7-14H2,1-3H3,(H,23,27,28). The van der Waals surface area contributed by atoms with E-state index in [1.54, 1.807) is 4.90 Å². The first-order chi connectivity index (χ1) is 14.7. The zero-order valence-electron chi connectivity index (χ0n) is 18.3. The molecule has 3 amide bonds. The van der Waals surface area contributed by atoms with Gasteiger partial charge >= 0.3 is 6.09 Å². The fourth-order valence-corrected chi connectivity index (χ4v) is 4.26. The largest absolute Gasteiger partial charge is 0.487 e. The highest BCUT2D eigenvalue weighted by atomic mass is 16.6. The van der Waals surface area contributed by atoms with E-state index in [9.17, 15) is 14.4 Å². The van der Waals surface area contributed by atoms with E-state index in [2.05, 4.69) is 10.2 Å². The molecule has 2 saturated heterocycles. The number of amides is 3. The van der Waals surface area contributed by atoms with E-state index >= 15 is 0 Å². The molecule has 9 heteroatoms. The molecule has 9 nitrogen and oxygen atoms in total. The maximum Gasteiger partial charge on any atom is 0.410 e. The van der Waals surface area contributed by atoms with E-state index in [1.807, 2.05) is 43.9 Å². The number of benzene rings is 1. The van der Waals surface area contributed by atoms with Gasteiger partial charge in [0.05, 0.1) is 17.9 Å². The van der Waals surface area contributed by atoms with Gasteiger partial charge in [0.1, 0.15) is 18.2 Å². The summed E-state index contributed by atoms with van der Waals surface area (Å²) in [6, 6.07) is 5.55. The smallest absolute Gasteiger partial charge is 0.410 e. The second-order valence-corrected chi connectivity index (χ2v) is 9.09. The highest BCUT2D eigenvalue weighted by Gasteiger charge is 2.36. The number of rotatable bonds is 2. The number of piperidine rings is 1. The Balaban J connectivity index is 1.49. The Morgan fingerprint density at radius 1 is 1.10 bits per heavy atom. The lowest BCUT2D eigenvalue weighted by atomic mass is 10.0. The Labute approximate surface area is 182 Å². The van der Waals surface area contributed by atoms with Gasteiger partial charge in [-0.15, -0.1) is 0 Å². The lowest BCUT2D eigenvalue weighted by Gasteiger charge is -2.41. The third kappa shape index (κ3) is 4.55. The fourth-order valence-electron chi connectivity index (χ4n) is 4.26. The molecule has 4 rings (SSSR count). The van der Waals surface area contributed by atoms with Crippen LogP contribution in [0.3, 0.4) is 0 Å². The van der Waals surface area contributed by atoms with Crippen LogP contribution in [0.2, 0.25) is 0 Å². The first-order valence-corrected chi connectivity index (χ1v) is 10.8. The van der Waals surface area contributed by atoms with Gasteiger partial charge in [0, 0.05) is 32.6 Å². The molecule has 168 valence electrons. The van der Waals surface area contributed by atoms with Crippen molar-refractivity contribution in [1.29, 1.82) is 0 Å². The van der Waals surface area contributed by atoms with Crippen molar-refractivity contribution in [2.75, 3.05) is 49.1 Å². The second kappa shape index (κ2) is 8.28. The Morgan fingerprint density at radius 3 is 2.48 bits per heavy atom. The molecule has 0 bridgehead atoms. The molecule has 0 radical (unpaired) electrons. The van der Waals surface area contributed by atoms with Crippen LogP contribution in [0, 0.1) is 0 Å². The van der Waals surface area contributed by atoms with Crippen molar-refractivity contribution < 1.29 is 23.9 Å². The predicted octanol–water partition coefficient (Wildman–Crippen LogP) is 1.75. The summed E-state index contributed by atoms with van der Waals surface area (Å²) in [5.41, 5.74) is 1.31. The molecule has 31 heavy (non-hydrogen) atoms. The molecule has 3 aliphatic rings. The average molecular weight is 431 g/mol. The van der Waals surface area contributed by atoms with Gasteiger partial charge in [0.2, 0.25) is 11.8 Å². The summed E-state index contributed by atoms with van der Waals surface area (Å²) in [5.74, 6) is 0.288. The minimum Gasteiger partial charge on any atom is -0.487 e. The quantitative estimate of drug-likeness (QED) is 0.715. The average Bonchev–Trinajstić information content (AvgIpc) is 2.72. The number of ether oxygens (including phenoxy) is 2. The van der Waals surface area contributed by atoms with Crippen LogP contribution in [0.15, 0.2) is 18.2 Å². The third-order valence-electron chi connectivity index (χ3n) is 5.72.